The first-order valence-electron chi connectivity index (χ1n) is 4.97. The fourth-order valence-corrected chi connectivity index (χ4v) is 1.32. The predicted molar refractivity (Wildman–Crippen MR) is 54.4 cm³/mol. The molecule has 1 unspecified atom stereocenters. The Balaban J connectivity index is 1.76. The van der Waals surface area contributed by atoms with Crippen LogP contribution in [-0.4, -0.2) is 21.8 Å². The molecule has 2 aromatic heterocycles. The van der Waals surface area contributed by atoms with E-state index in [2.05, 4.69) is 15.5 Å². The lowest BCUT2D eigenvalue weighted by atomic mass is 10.3. The average Bonchev–Trinajstić information content (AvgIpc) is 2.89. The molecule has 2 N–H and O–H groups in total. The smallest absolute Gasteiger partial charge is 0.223 e. The van der Waals surface area contributed by atoms with Crippen molar-refractivity contribution in [3.8, 4) is 0 Å². The molecular weight excluding hydrogens is 210 g/mol. The van der Waals surface area contributed by atoms with Gasteiger partial charge in [-0.3, -0.25) is 0 Å². The van der Waals surface area contributed by atoms with E-state index in [0.29, 0.717) is 30.6 Å². The molecule has 6 heteroatoms. The number of aliphatic hydroxyl groups excluding tert-OH is 1. The molecule has 86 valence electrons. The highest BCUT2D eigenvalue weighted by atomic mass is 16.5. The molecule has 6 nitrogen and oxygen atoms in total. The van der Waals surface area contributed by atoms with Gasteiger partial charge in [-0.25, -0.2) is 0 Å². The maximum absolute atomic E-state index is 9.67. The number of aryl methyl sites for hydroxylation is 1. The number of hydrogen-bond donors (Lipinski definition) is 2. The molecule has 0 bridgehead atoms. The van der Waals surface area contributed by atoms with Gasteiger partial charge in [0.1, 0.15) is 11.9 Å². The topological polar surface area (TPSA) is 84.3 Å². The molecule has 0 aromatic carbocycles. The minimum absolute atomic E-state index is 0.376. The van der Waals surface area contributed by atoms with Crippen molar-refractivity contribution in [1.82, 2.24) is 15.5 Å². The van der Waals surface area contributed by atoms with Crippen LogP contribution in [0, 0.1) is 6.92 Å². The SMILES string of the molecule is Cc1nc(CNCC(O)c2ccco2)no1. The van der Waals surface area contributed by atoms with Crippen LogP contribution in [0.25, 0.3) is 0 Å². The molecule has 2 rings (SSSR count). The van der Waals surface area contributed by atoms with Crippen molar-refractivity contribution in [3.05, 3.63) is 35.9 Å². The van der Waals surface area contributed by atoms with Gasteiger partial charge in [0.15, 0.2) is 5.82 Å². The van der Waals surface area contributed by atoms with E-state index in [1.165, 1.54) is 6.26 Å². The van der Waals surface area contributed by atoms with Crippen LogP contribution in [0.4, 0.5) is 0 Å². The van der Waals surface area contributed by atoms with Gasteiger partial charge in [0.25, 0.3) is 0 Å². The van der Waals surface area contributed by atoms with E-state index in [4.69, 9.17) is 8.94 Å². The van der Waals surface area contributed by atoms with Gasteiger partial charge in [-0.15, -0.1) is 0 Å². The van der Waals surface area contributed by atoms with Gasteiger partial charge in [0, 0.05) is 13.5 Å². The Labute approximate surface area is 92.3 Å². The number of rotatable bonds is 5. The Morgan fingerprint density at radius 2 is 2.44 bits per heavy atom. The number of hydrogen-bond acceptors (Lipinski definition) is 6. The van der Waals surface area contributed by atoms with Crippen LogP contribution in [0.15, 0.2) is 27.3 Å². The minimum Gasteiger partial charge on any atom is -0.467 e. The Morgan fingerprint density at radius 3 is 3.06 bits per heavy atom. The molecule has 1 atom stereocenters. The van der Waals surface area contributed by atoms with Crippen molar-refractivity contribution in [2.45, 2.75) is 19.6 Å². The summed E-state index contributed by atoms with van der Waals surface area (Å²) in [6.07, 6.45) is 0.865. The van der Waals surface area contributed by atoms with Crippen LogP contribution < -0.4 is 5.32 Å². The van der Waals surface area contributed by atoms with Gasteiger partial charge in [-0.05, 0) is 12.1 Å². The summed E-state index contributed by atoms with van der Waals surface area (Å²) in [4.78, 5) is 4.02. The molecule has 0 saturated carbocycles. The molecule has 0 fully saturated rings. The maximum atomic E-state index is 9.67. The fraction of sp³-hybridized carbons (Fsp3) is 0.400. The fourth-order valence-electron chi connectivity index (χ4n) is 1.32. The third-order valence-corrected chi connectivity index (χ3v) is 2.06. The zero-order chi connectivity index (χ0) is 11.4. The Hall–Kier alpha value is -1.66. The summed E-state index contributed by atoms with van der Waals surface area (Å²) in [5.74, 6) is 1.64. The highest BCUT2D eigenvalue weighted by Crippen LogP contribution is 2.11. The third-order valence-electron chi connectivity index (χ3n) is 2.06. The quantitative estimate of drug-likeness (QED) is 0.779. The van der Waals surface area contributed by atoms with E-state index in [0.717, 1.165) is 0 Å². The van der Waals surface area contributed by atoms with E-state index in [9.17, 15) is 5.11 Å². The third kappa shape index (κ3) is 2.68. The summed E-state index contributed by atoms with van der Waals surface area (Å²) >= 11 is 0. The van der Waals surface area contributed by atoms with Gasteiger partial charge in [-0.1, -0.05) is 5.16 Å². The Morgan fingerprint density at radius 1 is 1.56 bits per heavy atom. The molecule has 0 spiro atoms. The van der Waals surface area contributed by atoms with Crippen LogP contribution in [0.5, 0.6) is 0 Å². The van der Waals surface area contributed by atoms with E-state index in [1.54, 1.807) is 19.1 Å². The molecular formula is C10H13N3O3. The van der Waals surface area contributed by atoms with Crippen LogP contribution in [-0.2, 0) is 6.54 Å². The first kappa shape index (κ1) is 10.8. The van der Waals surface area contributed by atoms with Crippen molar-refractivity contribution >= 4 is 0 Å². The van der Waals surface area contributed by atoms with Gasteiger partial charge < -0.3 is 19.4 Å². The monoisotopic (exact) mass is 223 g/mol. The van der Waals surface area contributed by atoms with Crippen LogP contribution in [0.1, 0.15) is 23.6 Å². The zero-order valence-corrected chi connectivity index (χ0v) is 8.88. The van der Waals surface area contributed by atoms with E-state index >= 15 is 0 Å². The number of furan rings is 1. The minimum atomic E-state index is -0.664. The second-order valence-electron chi connectivity index (χ2n) is 3.39. The van der Waals surface area contributed by atoms with E-state index in [-0.39, 0.29) is 0 Å². The molecule has 2 aromatic rings. The predicted octanol–water partition coefficient (Wildman–Crippen LogP) is 0.794. The van der Waals surface area contributed by atoms with Crippen molar-refractivity contribution in [1.29, 1.82) is 0 Å². The molecule has 0 radical (unpaired) electrons. The maximum Gasteiger partial charge on any atom is 0.223 e. The Kier molecular flexibility index (Phi) is 3.33. The second kappa shape index (κ2) is 4.91. The largest absolute Gasteiger partial charge is 0.467 e. The average molecular weight is 223 g/mol. The van der Waals surface area contributed by atoms with E-state index < -0.39 is 6.10 Å². The molecule has 0 saturated heterocycles. The van der Waals surface area contributed by atoms with Gasteiger partial charge >= 0.3 is 0 Å². The van der Waals surface area contributed by atoms with Crippen molar-refractivity contribution < 1.29 is 14.0 Å². The Bertz CT molecular complexity index is 424. The highest BCUT2D eigenvalue weighted by Gasteiger charge is 2.10. The first-order chi connectivity index (χ1) is 7.75. The molecule has 0 aliphatic rings. The zero-order valence-electron chi connectivity index (χ0n) is 8.88. The van der Waals surface area contributed by atoms with Crippen LogP contribution in [0.2, 0.25) is 0 Å². The molecule has 2 heterocycles. The lowest BCUT2D eigenvalue weighted by Crippen LogP contribution is -2.21. The number of nitrogens with zero attached hydrogens (tertiary/aromatic N) is 2. The van der Waals surface area contributed by atoms with E-state index in [1.807, 2.05) is 0 Å². The van der Waals surface area contributed by atoms with Gasteiger partial charge in [-0.2, -0.15) is 4.98 Å². The van der Waals surface area contributed by atoms with Crippen molar-refractivity contribution in [2.24, 2.45) is 0 Å². The molecule has 0 aliphatic heterocycles. The summed E-state index contributed by atoms with van der Waals surface area (Å²) in [6, 6.07) is 3.46. The molecule has 16 heavy (non-hydrogen) atoms. The normalized spacial score (nSPS) is 12.9. The lowest BCUT2D eigenvalue weighted by molar-refractivity contribution is 0.147. The van der Waals surface area contributed by atoms with Gasteiger partial charge in [0.2, 0.25) is 5.89 Å². The number of aliphatic hydroxyl groups is 1. The number of aromatic nitrogens is 2. The van der Waals surface area contributed by atoms with Crippen LogP contribution in [0.3, 0.4) is 0 Å². The lowest BCUT2D eigenvalue weighted by Gasteiger charge is -2.07. The summed E-state index contributed by atoms with van der Waals surface area (Å²) in [7, 11) is 0. The van der Waals surface area contributed by atoms with Crippen molar-refractivity contribution in [3.63, 3.8) is 0 Å². The summed E-state index contributed by atoms with van der Waals surface area (Å²) in [5.41, 5.74) is 0. The summed E-state index contributed by atoms with van der Waals surface area (Å²) in [6.45, 7) is 2.56. The van der Waals surface area contributed by atoms with Gasteiger partial charge in [0.05, 0.1) is 12.8 Å². The highest BCUT2D eigenvalue weighted by molar-refractivity contribution is 5.02. The summed E-state index contributed by atoms with van der Waals surface area (Å²) in [5, 5.41) is 16.4. The van der Waals surface area contributed by atoms with Crippen LogP contribution >= 0.6 is 0 Å². The first-order valence-corrected chi connectivity index (χ1v) is 4.97. The molecule has 0 amide bonds. The number of nitrogens with one attached hydrogen (secondary N) is 1. The van der Waals surface area contributed by atoms with Crippen molar-refractivity contribution in [2.75, 3.05) is 6.54 Å². The molecule has 0 aliphatic carbocycles. The summed E-state index contributed by atoms with van der Waals surface area (Å²) < 4.78 is 9.87. The second-order valence-corrected chi connectivity index (χ2v) is 3.39. The standard InChI is InChI=1S/C10H13N3O3/c1-7-12-10(13-16-7)6-11-5-8(14)9-3-2-4-15-9/h2-4,8,11,14H,5-6H2,1H3.